The Kier molecular flexibility index (Phi) is 7.33. The van der Waals surface area contributed by atoms with Crippen molar-refractivity contribution in [2.75, 3.05) is 18.6 Å². The molecule has 0 saturated carbocycles. The highest BCUT2D eigenvalue weighted by atomic mass is 127. The number of carbonyl (C=O) groups excluding carboxylic acids is 3. The molecule has 2 aromatic rings. The number of benzene rings is 2. The summed E-state index contributed by atoms with van der Waals surface area (Å²) in [6.45, 7) is 4.20. The lowest BCUT2D eigenvalue weighted by molar-refractivity contribution is -0.135. The van der Waals surface area contributed by atoms with Crippen molar-refractivity contribution >= 4 is 52.0 Å². The van der Waals surface area contributed by atoms with Crippen LogP contribution >= 0.6 is 22.6 Å². The molecule has 3 rings (SSSR count). The summed E-state index contributed by atoms with van der Waals surface area (Å²) in [7, 11) is 1.44. The van der Waals surface area contributed by atoms with Crippen LogP contribution in [0, 0.1) is 3.57 Å². The van der Waals surface area contributed by atoms with Gasteiger partial charge >= 0.3 is 5.97 Å². The van der Waals surface area contributed by atoms with E-state index in [1.807, 2.05) is 24.3 Å². The first-order chi connectivity index (χ1) is 15.2. The van der Waals surface area contributed by atoms with Gasteiger partial charge in [0, 0.05) is 35.6 Å². The molecular weight excluding hydrogens is 529 g/mol. The number of methoxy groups -OCH3 is 1. The van der Waals surface area contributed by atoms with Crippen LogP contribution in [-0.2, 0) is 19.1 Å². The number of amides is 2. The molecule has 0 aromatic heterocycles. The molecule has 1 atom stereocenters. The Hall–Kier alpha value is -3.15. The predicted molar refractivity (Wildman–Crippen MR) is 125 cm³/mol. The van der Waals surface area contributed by atoms with E-state index in [1.165, 1.54) is 37.8 Å². The molecule has 32 heavy (non-hydrogen) atoms. The first kappa shape index (κ1) is 23.5. The minimum Gasteiger partial charge on any atom is -0.493 e. The molecule has 9 nitrogen and oxygen atoms in total. The minimum atomic E-state index is -0.815. The van der Waals surface area contributed by atoms with E-state index in [-0.39, 0.29) is 30.0 Å². The molecule has 168 valence electrons. The summed E-state index contributed by atoms with van der Waals surface area (Å²) in [5.74, 6) is -0.258. The number of halogens is 1. The molecule has 0 spiro atoms. The highest BCUT2D eigenvalue weighted by molar-refractivity contribution is 14.1. The molecular formula is C22H22IN3O6. The van der Waals surface area contributed by atoms with Crippen LogP contribution < -0.4 is 14.4 Å². The van der Waals surface area contributed by atoms with Crippen molar-refractivity contribution in [3.8, 4) is 11.5 Å². The normalized spacial score (nSPS) is 15.0. The Bertz CT molecular complexity index is 1070. The zero-order valence-corrected chi connectivity index (χ0v) is 20.2. The van der Waals surface area contributed by atoms with Crippen molar-refractivity contribution in [3.63, 3.8) is 0 Å². The number of hydrogen-bond acceptors (Lipinski definition) is 7. The van der Waals surface area contributed by atoms with Crippen LogP contribution in [0.2, 0.25) is 0 Å². The predicted octanol–water partition coefficient (Wildman–Crippen LogP) is 3.14. The van der Waals surface area contributed by atoms with Crippen molar-refractivity contribution in [3.05, 3.63) is 51.6 Å². The number of esters is 1. The van der Waals surface area contributed by atoms with Gasteiger partial charge in [-0.25, -0.2) is 0 Å². The fourth-order valence-electron chi connectivity index (χ4n) is 3.11. The van der Waals surface area contributed by atoms with Gasteiger partial charge in [-0.1, -0.05) is 0 Å². The van der Waals surface area contributed by atoms with Gasteiger partial charge in [-0.3, -0.25) is 14.4 Å². The van der Waals surface area contributed by atoms with Crippen LogP contribution in [0.15, 0.2) is 47.6 Å². The average Bonchev–Trinajstić information content (AvgIpc) is 3.17. The number of anilines is 1. The lowest BCUT2D eigenvalue weighted by atomic mass is 10.2. The standard InChI is InChI=1S/C22H22IN3O6/c1-13(27)25(18-8-6-17(23)7-9-18)12-21-26(14(2)28)24-22(32-21)16-5-10-19(31-15(3)29)20(11-16)30-4/h5-11,21H,12H2,1-4H3. The average molecular weight is 551 g/mol. The number of carbonyl (C=O) groups is 3. The Morgan fingerprint density at radius 3 is 2.34 bits per heavy atom. The second-order valence-electron chi connectivity index (χ2n) is 6.91. The third-order valence-electron chi connectivity index (χ3n) is 4.56. The first-order valence-electron chi connectivity index (χ1n) is 9.65. The second-order valence-corrected chi connectivity index (χ2v) is 8.15. The first-order valence-corrected chi connectivity index (χ1v) is 10.7. The second kappa shape index (κ2) is 9.98. The molecule has 10 heteroatoms. The molecule has 1 aliphatic rings. The summed E-state index contributed by atoms with van der Waals surface area (Å²) in [6.07, 6.45) is -0.815. The number of nitrogens with zero attached hydrogens (tertiary/aromatic N) is 3. The summed E-state index contributed by atoms with van der Waals surface area (Å²) in [5.41, 5.74) is 1.21. The van der Waals surface area contributed by atoms with Gasteiger partial charge in [0.1, 0.15) is 0 Å². The Morgan fingerprint density at radius 2 is 1.78 bits per heavy atom. The Labute approximate surface area is 199 Å². The van der Waals surface area contributed by atoms with Crippen LogP contribution in [-0.4, -0.2) is 48.6 Å². The molecule has 0 radical (unpaired) electrons. The smallest absolute Gasteiger partial charge is 0.308 e. The third kappa shape index (κ3) is 5.36. The summed E-state index contributed by atoms with van der Waals surface area (Å²) in [4.78, 5) is 37.3. The van der Waals surface area contributed by atoms with Crippen LogP contribution in [0.1, 0.15) is 26.3 Å². The van der Waals surface area contributed by atoms with Crippen molar-refractivity contribution in [1.82, 2.24) is 5.01 Å². The molecule has 0 saturated heterocycles. The van der Waals surface area contributed by atoms with Gasteiger partial charge in [0.2, 0.25) is 23.9 Å². The molecule has 0 N–H and O–H groups in total. The van der Waals surface area contributed by atoms with Gasteiger partial charge < -0.3 is 19.1 Å². The van der Waals surface area contributed by atoms with Crippen molar-refractivity contribution in [1.29, 1.82) is 0 Å². The van der Waals surface area contributed by atoms with Crippen LogP contribution in [0.3, 0.4) is 0 Å². The van der Waals surface area contributed by atoms with E-state index in [0.717, 1.165) is 3.57 Å². The maximum Gasteiger partial charge on any atom is 0.308 e. The summed E-state index contributed by atoms with van der Waals surface area (Å²) in [5, 5.41) is 5.50. The molecule has 1 unspecified atom stereocenters. The monoisotopic (exact) mass is 551 g/mol. The zero-order valence-electron chi connectivity index (χ0n) is 18.0. The number of rotatable bonds is 6. The molecule has 2 amide bonds. The Morgan fingerprint density at radius 1 is 1.09 bits per heavy atom. The van der Waals surface area contributed by atoms with E-state index >= 15 is 0 Å². The van der Waals surface area contributed by atoms with Gasteiger partial charge in [0.25, 0.3) is 0 Å². The maximum atomic E-state index is 12.3. The highest BCUT2D eigenvalue weighted by Gasteiger charge is 2.34. The van der Waals surface area contributed by atoms with E-state index in [1.54, 1.807) is 18.2 Å². The maximum absolute atomic E-state index is 12.3. The van der Waals surface area contributed by atoms with Crippen LogP contribution in [0.5, 0.6) is 11.5 Å². The lowest BCUT2D eigenvalue weighted by Gasteiger charge is -2.27. The van der Waals surface area contributed by atoms with Gasteiger partial charge in [-0.15, -0.1) is 5.10 Å². The van der Waals surface area contributed by atoms with E-state index in [0.29, 0.717) is 17.0 Å². The van der Waals surface area contributed by atoms with Crippen molar-refractivity contribution < 1.29 is 28.6 Å². The molecule has 0 aliphatic carbocycles. The van der Waals surface area contributed by atoms with Gasteiger partial charge in [0.05, 0.1) is 13.7 Å². The topological polar surface area (TPSA) is 97.7 Å². The number of hydrogen-bond donors (Lipinski definition) is 0. The fraction of sp³-hybridized carbons (Fsp3) is 0.273. The summed E-state index contributed by atoms with van der Waals surface area (Å²) >= 11 is 2.19. The van der Waals surface area contributed by atoms with E-state index in [9.17, 15) is 14.4 Å². The summed E-state index contributed by atoms with van der Waals surface area (Å²) < 4.78 is 17.4. The lowest BCUT2D eigenvalue weighted by Crippen LogP contribution is -2.44. The number of hydrazone groups is 1. The molecule has 0 bridgehead atoms. The van der Waals surface area contributed by atoms with E-state index in [2.05, 4.69) is 27.7 Å². The van der Waals surface area contributed by atoms with Gasteiger partial charge in [-0.05, 0) is 65.1 Å². The highest BCUT2D eigenvalue weighted by Crippen LogP contribution is 2.30. The van der Waals surface area contributed by atoms with Crippen LogP contribution in [0.4, 0.5) is 5.69 Å². The third-order valence-corrected chi connectivity index (χ3v) is 5.28. The zero-order chi connectivity index (χ0) is 23.4. The largest absolute Gasteiger partial charge is 0.493 e. The van der Waals surface area contributed by atoms with E-state index in [4.69, 9.17) is 14.2 Å². The van der Waals surface area contributed by atoms with Crippen molar-refractivity contribution in [2.24, 2.45) is 5.10 Å². The SMILES string of the molecule is COc1cc(C2=NN(C(C)=O)C(CN(C(C)=O)c3ccc(I)cc3)O2)ccc1OC(C)=O. The Balaban J connectivity index is 1.86. The summed E-state index contributed by atoms with van der Waals surface area (Å²) in [6, 6.07) is 12.2. The molecule has 1 aliphatic heterocycles. The fourth-order valence-corrected chi connectivity index (χ4v) is 3.47. The molecule has 2 aromatic carbocycles. The molecule has 0 fully saturated rings. The van der Waals surface area contributed by atoms with Crippen molar-refractivity contribution in [2.45, 2.75) is 27.0 Å². The van der Waals surface area contributed by atoms with E-state index < -0.39 is 12.2 Å². The minimum absolute atomic E-state index is 0.0885. The van der Waals surface area contributed by atoms with Gasteiger partial charge in [-0.2, -0.15) is 5.01 Å². The molecule has 1 heterocycles. The van der Waals surface area contributed by atoms with Crippen LogP contribution in [0.25, 0.3) is 0 Å². The number of ether oxygens (including phenoxy) is 3. The van der Waals surface area contributed by atoms with Gasteiger partial charge in [0.15, 0.2) is 11.5 Å². The quantitative estimate of drug-likeness (QED) is 0.311.